The third-order valence-corrected chi connectivity index (χ3v) is 8.10. The number of alkyl halides is 3. The molecule has 0 aliphatic rings. The van der Waals surface area contributed by atoms with Crippen LogP contribution in [-0.2, 0) is 9.84 Å². The molecule has 0 saturated carbocycles. The fourth-order valence-electron chi connectivity index (χ4n) is 0.671. The van der Waals surface area contributed by atoms with E-state index >= 15 is 0 Å². The zero-order valence-electron chi connectivity index (χ0n) is 6.42. The van der Waals surface area contributed by atoms with Crippen LogP contribution in [0.5, 0.6) is 0 Å². The molecule has 0 aliphatic heterocycles. The number of hydrogen-bond acceptors (Lipinski definition) is 3. The van der Waals surface area contributed by atoms with Crippen LogP contribution in [0.2, 0.25) is 0 Å². The summed E-state index contributed by atoms with van der Waals surface area (Å²) in [6.07, 6.45) is 0. The standard InChI is InChI=1S/C6H5Br3O2S2/c1-4-2-3-5(12-4)13(10,11)6(7,8)9/h2-3H,1H3. The van der Waals surface area contributed by atoms with Gasteiger partial charge in [-0.05, 0) is 66.8 Å². The topological polar surface area (TPSA) is 34.1 Å². The number of aryl methyl sites for hydroxylation is 1. The van der Waals surface area contributed by atoms with Gasteiger partial charge in [0, 0.05) is 4.88 Å². The van der Waals surface area contributed by atoms with Gasteiger partial charge in [-0.1, -0.05) is 0 Å². The Morgan fingerprint density at radius 2 is 1.85 bits per heavy atom. The Kier molecular flexibility index (Phi) is 3.67. The number of rotatable bonds is 1. The molecular formula is C6H5Br3O2S2. The molecule has 0 aliphatic carbocycles. The van der Waals surface area contributed by atoms with E-state index in [1.807, 2.05) is 6.92 Å². The fraction of sp³-hybridized carbons (Fsp3) is 0.333. The molecule has 0 N–H and O–H groups in total. The summed E-state index contributed by atoms with van der Waals surface area (Å²) in [5.41, 5.74) is 0. The molecule has 7 heteroatoms. The number of hydrogen-bond donors (Lipinski definition) is 0. The summed E-state index contributed by atoms with van der Waals surface area (Å²) in [5.74, 6) is 0. The second-order valence-electron chi connectivity index (χ2n) is 2.31. The Labute approximate surface area is 106 Å². The maximum atomic E-state index is 11.7. The number of thiophene rings is 1. The van der Waals surface area contributed by atoms with Gasteiger partial charge in [0.1, 0.15) is 4.21 Å². The monoisotopic (exact) mass is 410 g/mol. The van der Waals surface area contributed by atoms with Crippen LogP contribution >= 0.6 is 59.1 Å². The molecule has 0 saturated heterocycles. The second kappa shape index (κ2) is 3.92. The first-order valence-corrected chi connectivity index (χ1v) is 7.81. The van der Waals surface area contributed by atoms with Crippen LogP contribution in [-0.4, -0.2) is 9.89 Å². The third kappa shape index (κ3) is 2.56. The average Bonchev–Trinajstić information content (AvgIpc) is 2.33. The van der Waals surface area contributed by atoms with Crippen molar-refractivity contribution in [1.82, 2.24) is 0 Å². The van der Waals surface area contributed by atoms with Gasteiger partial charge in [-0.25, -0.2) is 8.42 Å². The summed E-state index contributed by atoms with van der Waals surface area (Å²) in [4.78, 5) is 0.968. The highest BCUT2D eigenvalue weighted by molar-refractivity contribution is 9.42. The van der Waals surface area contributed by atoms with Gasteiger partial charge in [-0.15, -0.1) is 11.3 Å². The molecule has 0 amide bonds. The molecule has 0 fully saturated rings. The molecule has 0 spiro atoms. The summed E-state index contributed by atoms with van der Waals surface area (Å²) in [6.45, 7) is 1.86. The minimum absolute atomic E-state index is 0.329. The summed E-state index contributed by atoms with van der Waals surface area (Å²) in [5, 5.41) is 0. The molecule has 0 atom stereocenters. The van der Waals surface area contributed by atoms with Crippen molar-refractivity contribution in [2.75, 3.05) is 0 Å². The molecule has 0 unspecified atom stereocenters. The van der Waals surface area contributed by atoms with E-state index in [-0.39, 0.29) is 0 Å². The summed E-state index contributed by atoms with van der Waals surface area (Å²) >= 11 is 10.2. The Morgan fingerprint density at radius 1 is 1.31 bits per heavy atom. The van der Waals surface area contributed by atoms with Crippen LogP contribution in [0, 0.1) is 6.92 Å². The predicted octanol–water partition coefficient (Wildman–Crippen LogP) is 3.63. The van der Waals surface area contributed by atoms with Crippen molar-refractivity contribution in [3.8, 4) is 0 Å². The Balaban J connectivity index is 3.24. The lowest BCUT2D eigenvalue weighted by Crippen LogP contribution is -2.16. The SMILES string of the molecule is Cc1ccc(S(=O)(=O)C(Br)(Br)Br)s1. The lowest BCUT2D eigenvalue weighted by Gasteiger charge is -2.10. The van der Waals surface area contributed by atoms with E-state index < -0.39 is 11.3 Å². The molecular weight excluding hydrogens is 408 g/mol. The van der Waals surface area contributed by atoms with Gasteiger partial charge < -0.3 is 0 Å². The molecule has 1 rings (SSSR count). The normalized spacial score (nSPS) is 13.2. The molecule has 1 aromatic rings. The largest absolute Gasteiger partial charge is 0.240 e. The van der Waals surface area contributed by atoms with E-state index in [4.69, 9.17) is 0 Å². The summed E-state index contributed by atoms with van der Waals surface area (Å²) in [7, 11) is -3.39. The maximum absolute atomic E-state index is 11.7. The van der Waals surface area contributed by atoms with Crippen molar-refractivity contribution < 1.29 is 8.42 Å². The van der Waals surface area contributed by atoms with E-state index in [0.717, 1.165) is 4.88 Å². The van der Waals surface area contributed by atoms with Crippen LogP contribution in [0.25, 0.3) is 0 Å². The van der Waals surface area contributed by atoms with Crippen molar-refractivity contribution in [3.05, 3.63) is 17.0 Å². The quantitative estimate of drug-likeness (QED) is 0.660. The van der Waals surface area contributed by atoms with Crippen LogP contribution in [0.1, 0.15) is 4.88 Å². The molecule has 2 nitrogen and oxygen atoms in total. The summed E-state index contributed by atoms with van der Waals surface area (Å²) < 4.78 is 22.5. The Hall–Kier alpha value is 1.09. The highest BCUT2D eigenvalue weighted by atomic mass is 80.0. The van der Waals surface area contributed by atoms with Gasteiger partial charge in [0.05, 0.1) is 0 Å². The van der Waals surface area contributed by atoms with Crippen molar-refractivity contribution in [1.29, 1.82) is 0 Å². The van der Waals surface area contributed by atoms with E-state index in [9.17, 15) is 8.42 Å². The van der Waals surface area contributed by atoms with E-state index in [2.05, 4.69) is 47.8 Å². The van der Waals surface area contributed by atoms with Crippen molar-refractivity contribution >= 4 is 69.0 Å². The molecule has 0 aromatic carbocycles. The highest BCUT2D eigenvalue weighted by Crippen LogP contribution is 2.44. The first kappa shape index (κ1) is 12.2. The molecule has 1 heterocycles. The van der Waals surface area contributed by atoms with E-state index in [0.29, 0.717) is 4.21 Å². The fourth-order valence-corrected chi connectivity index (χ4v) is 5.48. The molecule has 13 heavy (non-hydrogen) atoms. The lowest BCUT2D eigenvalue weighted by molar-refractivity contribution is 0.601. The molecule has 0 bridgehead atoms. The summed E-state index contributed by atoms with van der Waals surface area (Å²) in [6, 6.07) is 3.37. The molecule has 74 valence electrons. The zero-order chi connectivity index (χ0) is 10.3. The van der Waals surface area contributed by atoms with Gasteiger partial charge in [-0.2, -0.15) is 0 Å². The van der Waals surface area contributed by atoms with Crippen LogP contribution in [0.15, 0.2) is 16.3 Å². The second-order valence-corrected chi connectivity index (χ2v) is 14.3. The van der Waals surface area contributed by atoms with Crippen LogP contribution < -0.4 is 0 Å². The van der Waals surface area contributed by atoms with E-state index in [1.165, 1.54) is 11.3 Å². The third-order valence-electron chi connectivity index (χ3n) is 1.29. The van der Waals surface area contributed by atoms with Crippen LogP contribution in [0.3, 0.4) is 0 Å². The Bertz CT molecular complexity index is 402. The van der Waals surface area contributed by atoms with Crippen molar-refractivity contribution in [3.63, 3.8) is 0 Å². The zero-order valence-corrected chi connectivity index (χ0v) is 12.8. The van der Waals surface area contributed by atoms with Crippen LogP contribution in [0.4, 0.5) is 0 Å². The van der Waals surface area contributed by atoms with Gasteiger partial charge in [0.2, 0.25) is 11.3 Å². The van der Waals surface area contributed by atoms with E-state index in [1.54, 1.807) is 12.1 Å². The van der Waals surface area contributed by atoms with Crippen molar-refractivity contribution in [2.45, 2.75) is 12.6 Å². The smallest absolute Gasteiger partial charge is 0.220 e. The molecule has 0 radical (unpaired) electrons. The Morgan fingerprint density at radius 3 is 2.15 bits per heavy atom. The van der Waals surface area contributed by atoms with Gasteiger partial charge in [-0.3, -0.25) is 0 Å². The number of halogens is 3. The highest BCUT2D eigenvalue weighted by Gasteiger charge is 2.38. The van der Waals surface area contributed by atoms with Gasteiger partial charge >= 0.3 is 0 Å². The van der Waals surface area contributed by atoms with Crippen molar-refractivity contribution in [2.24, 2.45) is 0 Å². The first-order valence-electron chi connectivity index (χ1n) is 3.13. The van der Waals surface area contributed by atoms with Gasteiger partial charge in [0.25, 0.3) is 0 Å². The predicted molar refractivity (Wildman–Crippen MR) is 65.8 cm³/mol. The molecule has 1 aromatic heterocycles. The maximum Gasteiger partial charge on any atom is 0.240 e. The lowest BCUT2D eigenvalue weighted by atomic mass is 10.5. The average molecular weight is 413 g/mol. The van der Waals surface area contributed by atoms with Gasteiger partial charge in [0.15, 0.2) is 0 Å². The minimum atomic E-state index is -3.39. The first-order chi connectivity index (χ1) is 5.75. The number of sulfone groups is 1. The minimum Gasteiger partial charge on any atom is -0.220 e.